The highest BCUT2D eigenvalue weighted by atomic mass is 14.9. The van der Waals surface area contributed by atoms with Crippen molar-refractivity contribution in [3.05, 3.63) is 30.1 Å². The average Bonchev–Trinajstić information content (AvgIpc) is 2.58. The molecule has 0 unspecified atom stereocenters. The molecular weight excluding hydrogens is 136 g/mol. The van der Waals surface area contributed by atoms with Crippen LogP contribution in [0.25, 0.3) is 0 Å². The minimum absolute atomic E-state index is 0.649. The van der Waals surface area contributed by atoms with E-state index in [1.807, 2.05) is 12.3 Å². The standard InChI is InChI=1S/C9H12N2/c1-2-5-11-9(3-1)8-4-6-10-7-8/h1-3,5,8,10H,4,6-7H2/t8-/m1/s1. The van der Waals surface area contributed by atoms with Crippen LogP contribution in [0.3, 0.4) is 0 Å². The van der Waals surface area contributed by atoms with Crippen molar-refractivity contribution in [1.82, 2.24) is 10.3 Å². The van der Waals surface area contributed by atoms with Crippen LogP contribution in [0.4, 0.5) is 0 Å². The van der Waals surface area contributed by atoms with Crippen molar-refractivity contribution in [3.63, 3.8) is 0 Å². The molecule has 1 saturated heterocycles. The SMILES string of the molecule is c1ccc([C@@H]2CCNC2)nc1. The quantitative estimate of drug-likeness (QED) is 0.646. The number of aromatic nitrogens is 1. The first-order valence-electron chi connectivity index (χ1n) is 4.08. The highest BCUT2D eigenvalue weighted by Gasteiger charge is 2.16. The van der Waals surface area contributed by atoms with E-state index in [9.17, 15) is 0 Å². The maximum absolute atomic E-state index is 4.32. The van der Waals surface area contributed by atoms with Crippen LogP contribution in [-0.4, -0.2) is 18.1 Å². The van der Waals surface area contributed by atoms with E-state index < -0.39 is 0 Å². The molecule has 1 aliphatic rings. The molecule has 58 valence electrons. The van der Waals surface area contributed by atoms with Gasteiger partial charge in [-0.05, 0) is 25.1 Å². The number of hydrogen-bond acceptors (Lipinski definition) is 2. The van der Waals surface area contributed by atoms with Gasteiger partial charge in [0.2, 0.25) is 0 Å². The summed E-state index contributed by atoms with van der Waals surface area (Å²) in [5.41, 5.74) is 1.23. The van der Waals surface area contributed by atoms with E-state index in [1.165, 1.54) is 12.1 Å². The lowest BCUT2D eigenvalue weighted by atomic mass is 10.0. The Bertz CT molecular complexity index is 214. The summed E-state index contributed by atoms with van der Waals surface area (Å²) in [5, 5.41) is 3.33. The Balaban J connectivity index is 2.16. The molecule has 0 amide bonds. The Morgan fingerprint density at radius 3 is 3.09 bits per heavy atom. The van der Waals surface area contributed by atoms with Gasteiger partial charge in [0.25, 0.3) is 0 Å². The summed E-state index contributed by atoms with van der Waals surface area (Å²) < 4.78 is 0. The summed E-state index contributed by atoms with van der Waals surface area (Å²) >= 11 is 0. The van der Waals surface area contributed by atoms with Crippen molar-refractivity contribution >= 4 is 0 Å². The molecule has 0 spiro atoms. The predicted octanol–water partition coefficient (Wildman–Crippen LogP) is 1.16. The van der Waals surface area contributed by atoms with Gasteiger partial charge in [-0.15, -0.1) is 0 Å². The lowest BCUT2D eigenvalue weighted by Gasteiger charge is -2.05. The number of hydrogen-bond donors (Lipinski definition) is 1. The second kappa shape index (κ2) is 3.01. The molecule has 2 nitrogen and oxygen atoms in total. The topological polar surface area (TPSA) is 24.9 Å². The van der Waals surface area contributed by atoms with Gasteiger partial charge in [0.1, 0.15) is 0 Å². The molecule has 2 rings (SSSR count). The maximum Gasteiger partial charge on any atom is 0.0447 e. The first kappa shape index (κ1) is 6.80. The summed E-state index contributed by atoms with van der Waals surface area (Å²) in [4.78, 5) is 4.32. The molecule has 2 heterocycles. The fourth-order valence-electron chi connectivity index (χ4n) is 1.52. The average molecular weight is 148 g/mol. The summed E-state index contributed by atoms with van der Waals surface area (Å²) in [7, 11) is 0. The van der Waals surface area contributed by atoms with E-state index >= 15 is 0 Å². The second-order valence-electron chi connectivity index (χ2n) is 2.94. The van der Waals surface area contributed by atoms with Crippen LogP contribution in [0.5, 0.6) is 0 Å². The number of nitrogens with zero attached hydrogens (tertiary/aromatic N) is 1. The summed E-state index contributed by atoms with van der Waals surface area (Å²) in [5.74, 6) is 0.649. The third kappa shape index (κ3) is 1.40. The van der Waals surface area contributed by atoms with Gasteiger partial charge in [-0.25, -0.2) is 0 Å². The maximum atomic E-state index is 4.32. The minimum Gasteiger partial charge on any atom is -0.316 e. The summed E-state index contributed by atoms with van der Waals surface area (Å²) in [6.07, 6.45) is 3.10. The highest BCUT2D eigenvalue weighted by molar-refractivity contribution is 5.11. The van der Waals surface area contributed by atoms with Gasteiger partial charge in [-0.1, -0.05) is 6.07 Å². The van der Waals surface area contributed by atoms with Crippen molar-refractivity contribution < 1.29 is 0 Å². The predicted molar refractivity (Wildman–Crippen MR) is 44.5 cm³/mol. The van der Waals surface area contributed by atoms with Crippen LogP contribution in [0.1, 0.15) is 18.0 Å². The molecule has 1 aromatic heterocycles. The Labute approximate surface area is 66.7 Å². The third-order valence-electron chi connectivity index (χ3n) is 2.17. The van der Waals surface area contributed by atoms with Crippen LogP contribution in [0.15, 0.2) is 24.4 Å². The van der Waals surface area contributed by atoms with Crippen molar-refractivity contribution in [2.24, 2.45) is 0 Å². The molecule has 0 saturated carbocycles. The first-order chi connectivity index (χ1) is 5.47. The number of pyridine rings is 1. The van der Waals surface area contributed by atoms with Crippen molar-refractivity contribution in [2.75, 3.05) is 13.1 Å². The van der Waals surface area contributed by atoms with E-state index in [1.54, 1.807) is 0 Å². The fraction of sp³-hybridized carbons (Fsp3) is 0.444. The lowest BCUT2D eigenvalue weighted by molar-refractivity contribution is 0.735. The Morgan fingerprint density at radius 1 is 1.45 bits per heavy atom. The first-order valence-corrected chi connectivity index (χ1v) is 4.08. The molecule has 1 aliphatic heterocycles. The molecule has 11 heavy (non-hydrogen) atoms. The van der Waals surface area contributed by atoms with Crippen LogP contribution < -0.4 is 5.32 Å². The van der Waals surface area contributed by atoms with Gasteiger partial charge in [0.15, 0.2) is 0 Å². The lowest BCUT2D eigenvalue weighted by Crippen LogP contribution is -2.08. The number of nitrogens with one attached hydrogen (secondary N) is 1. The zero-order valence-electron chi connectivity index (χ0n) is 6.46. The Kier molecular flexibility index (Phi) is 1.86. The fourth-order valence-corrected chi connectivity index (χ4v) is 1.52. The molecule has 0 radical (unpaired) electrons. The zero-order valence-corrected chi connectivity index (χ0v) is 6.46. The van der Waals surface area contributed by atoms with Gasteiger partial charge in [-0.2, -0.15) is 0 Å². The van der Waals surface area contributed by atoms with Crippen LogP contribution in [0.2, 0.25) is 0 Å². The Morgan fingerprint density at radius 2 is 2.45 bits per heavy atom. The van der Waals surface area contributed by atoms with E-state index in [-0.39, 0.29) is 0 Å². The molecule has 1 atom stereocenters. The van der Waals surface area contributed by atoms with Gasteiger partial charge < -0.3 is 5.32 Å². The van der Waals surface area contributed by atoms with Crippen LogP contribution >= 0.6 is 0 Å². The van der Waals surface area contributed by atoms with Crippen molar-refractivity contribution in [1.29, 1.82) is 0 Å². The smallest absolute Gasteiger partial charge is 0.0447 e. The van der Waals surface area contributed by atoms with E-state index in [0.717, 1.165) is 13.1 Å². The van der Waals surface area contributed by atoms with E-state index in [0.29, 0.717) is 5.92 Å². The molecular formula is C9H12N2. The monoisotopic (exact) mass is 148 g/mol. The molecule has 0 bridgehead atoms. The zero-order chi connectivity index (χ0) is 7.52. The van der Waals surface area contributed by atoms with Crippen LogP contribution in [-0.2, 0) is 0 Å². The van der Waals surface area contributed by atoms with E-state index in [4.69, 9.17) is 0 Å². The minimum atomic E-state index is 0.649. The molecule has 0 aromatic carbocycles. The van der Waals surface area contributed by atoms with Crippen molar-refractivity contribution in [2.45, 2.75) is 12.3 Å². The van der Waals surface area contributed by atoms with Gasteiger partial charge in [-0.3, -0.25) is 4.98 Å². The van der Waals surface area contributed by atoms with Crippen LogP contribution in [0, 0.1) is 0 Å². The normalized spacial score (nSPS) is 23.8. The molecule has 1 fully saturated rings. The second-order valence-corrected chi connectivity index (χ2v) is 2.94. The van der Waals surface area contributed by atoms with Gasteiger partial charge in [0, 0.05) is 24.4 Å². The summed E-state index contributed by atoms with van der Waals surface area (Å²) in [6.45, 7) is 2.23. The summed E-state index contributed by atoms with van der Waals surface area (Å²) in [6, 6.07) is 6.13. The highest BCUT2D eigenvalue weighted by Crippen LogP contribution is 2.18. The molecule has 1 N–H and O–H groups in total. The molecule has 1 aromatic rings. The largest absolute Gasteiger partial charge is 0.316 e. The molecule has 0 aliphatic carbocycles. The van der Waals surface area contributed by atoms with Gasteiger partial charge >= 0.3 is 0 Å². The molecule has 2 heteroatoms. The number of rotatable bonds is 1. The van der Waals surface area contributed by atoms with Crippen molar-refractivity contribution in [3.8, 4) is 0 Å². The Hall–Kier alpha value is -0.890. The van der Waals surface area contributed by atoms with Gasteiger partial charge in [0.05, 0.1) is 0 Å². The van der Waals surface area contributed by atoms with E-state index in [2.05, 4.69) is 22.4 Å². The third-order valence-corrected chi connectivity index (χ3v) is 2.17.